The zero-order valence-electron chi connectivity index (χ0n) is 9.50. The van der Waals surface area contributed by atoms with E-state index in [1.165, 1.54) is 0 Å². The summed E-state index contributed by atoms with van der Waals surface area (Å²) < 4.78 is 41.7. The van der Waals surface area contributed by atoms with E-state index in [-0.39, 0.29) is 13.2 Å². The molecule has 0 radical (unpaired) electrons. The Hall–Kier alpha value is -1.15. The Bertz CT molecular complexity index is 326. The molecule has 0 aromatic carbocycles. The largest absolute Gasteiger partial charge is 0.391 e. The number of hydrogen-bond donors (Lipinski definition) is 1. The average Bonchev–Trinajstić information content (AvgIpc) is 2.64. The van der Waals surface area contributed by atoms with Gasteiger partial charge in [0.2, 0.25) is 0 Å². The number of nitrogens with one attached hydrogen (secondary N) is 1. The van der Waals surface area contributed by atoms with Crippen LogP contribution in [0.15, 0.2) is 6.20 Å². The molecule has 0 aliphatic heterocycles. The van der Waals surface area contributed by atoms with Crippen LogP contribution >= 0.6 is 0 Å². The molecule has 0 aliphatic carbocycles. The average molecular weight is 252 g/mol. The Morgan fingerprint density at radius 2 is 2.18 bits per heavy atom. The lowest BCUT2D eigenvalue weighted by atomic mass is 10.4. The van der Waals surface area contributed by atoms with Crippen molar-refractivity contribution in [2.24, 2.45) is 0 Å². The van der Waals surface area contributed by atoms with Crippen LogP contribution in [-0.2, 0) is 17.8 Å². The SMILES string of the molecule is CNCc1cn(CCOCCC(F)(F)F)nn1. The number of ether oxygens (including phenoxy) is 1. The van der Waals surface area contributed by atoms with Gasteiger partial charge in [-0.25, -0.2) is 4.68 Å². The summed E-state index contributed by atoms with van der Waals surface area (Å²) in [5.41, 5.74) is 0.780. The minimum absolute atomic E-state index is 0.193. The van der Waals surface area contributed by atoms with Crippen molar-refractivity contribution in [3.05, 3.63) is 11.9 Å². The van der Waals surface area contributed by atoms with Crippen LogP contribution in [0.2, 0.25) is 0 Å². The van der Waals surface area contributed by atoms with Gasteiger partial charge in [0.25, 0.3) is 0 Å². The molecule has 98 valence electrons. The van der Waals surface area contributed by atoms with E-state index in [1.54, 1.807) is 17.9 Å². The second-order valence-electron chi connectivity index (χ2n) is 3.48. The minimum Gasteiger partial charge on any atom is -0.379 e. The predicted octanol–water partition coefficient (Wildman–Crippen LogP) is 0.966. The van der Waals surface area contributed by atoms with Gasteiger partial charge in [0.15, 0.2) is 0 Å². The van der Waals surface area contributed by atoms with Crippen LogP contribution in [0.5, 0.6) is 0 Å². The molecule has 1 aromatic heterocycles. The zero-order valence-corrected chi connectivity index (χ0v) is 9.50. The maximum Gasteiger partial charge on any atom is 0.391 e. The van der Waals surface area contributed by atoms with E-state index in [1.807, 2.05) is 0 Å². The van der Waals surface area contributed by atoms with Crippen LogP contribution in [0.4, 0.5) is 13.2 Å². The number of hydrogen-bond acceptors (Lipinski definition) is 4. The minimum atomic E-state index is -4.16. The summed E-state index contributed by atoms with van der Waals surface area (Å²) >= 11 is 0. The molecule has 1 rings (SSSR count). The van der Waals surface area contributed by atoms with Gasteiger partial charge in [0.1, 0.15) is 0 Å². The van der Waals surface area contributed by atoms with Crippen LogP contribution in [0.3, 0.4) is 0 Å². The molecule has 5 nitrogen and oxygen atoms in total. The Morgan fingerprint density at radius 1 is 1.41 bits per heavy atom. The maximum absolute atomic E-state index is 11.8. The summed E-state index contributed by atoms with van der Waals surface area (Å²) in [5, 5.41) is 10.6. The lowest BCUT2D eigenvalue weighted by Gasteiger charge is -2.06. The predicted molar refractivity (Wildman–Crippen MR) is 54.3 cm³/mol. The number of aromatic nitrogens is 3. The van der Waals surface area contributed by atoms with Crippen molar-refractivity contribution in [2.75, 3.05) is 20.3 Å². The van der Waals surface area contributed by atoms with Crippen molar-refractivity contribution < 1.29 is 17.9 Å². The molecule has 17 heavy (non-hydrogen) atoms. The summed E-state index contributed by atoms with van der Waals surface area (Å²) in [6, 6.07) is 0. The first-order valence-corrected chi connectivity index (χ1v) is 5.19. The van der Waals surface area contributed by atoms with Gasteiger partial charge in [-0.1, -0.05) is 5.21 Å². The summed E-state index contributed by atoms with van der Waals surface area (Å²) in [5.74, 6) is 0. The van der Waals surface area contributed by atoms with E-state index in [0.717, 1.165) is 5.69 Å². The van der Waals surface area contributed by atoms with Crippen molar-refractivity contribution in [1.29, 1.82) is 0 Å². The summed E-state index contributed by atoms with van der Waals surface area (Å²) in [6.07, 6.45) is -3.35. The van der Waals surface area contributed by atoms with Gasteiger partial charge < -0.3 is 10.1 Å². The quantitative estimate of drug-likeness (QED) is 0.735. The van der Waals surface area contributed by atoms with Gasteiger partial charge >= 0.3 is 6.18 Å². The molecule has 0 atom stereocenters. The van der Waals surface area contributed by atoms with Crippen molar-refractivity contribution >= 4 is 0 Å². The molecule has 8 heteroatoms. The molecular weight excluding hydrogens is 237 g/mol. The van der Waals surface area contributed by atoms with E-state index in [4.69, 9.17) is 4.74 Å². The highest BCUT2D eigenvalue weighted by atomic mass is 19.4. The van der Waals surface area contributed by atoms with Gasteiger partial charge in [-0.2, -0.15) is 13.2 Å². The molecular formula is C9H15F3N4O. The van der Waals surface area contributed by atoms with E-state index in [0.29, 0.717) is 13.1 Å². The van der Waals surface area contributed by atoms with Crippen molar-refractivity contribution in [2.45, 2.75) is 25.7 Å². The number of alkyl halides is 3. The van der Waals surface area contributed by atoms with Crippen LogP contribution in [0.1, 0.15) is 12.1 Å². The Morgan fingerprint density at radius 3 is 2.82 bits per heavy atom. The van der Waals surface area contributed by atoms with E-state index in [2.05, 4.69) is 15.6 Å². The second kappa shape index (κ2) is 6.55. The van der Waals surface area contributed by atoms with Gasteiger partial charge in [0.05, 0.1) is 31.9 Å². The standard InChI is InChI=1S/C9H15F3N4O/c1-13-6-8-7-16(15-14-8)3-5-17-4-2-9(10,11)12/h7,13H,2-6H2,1H3. The summed E-state index contributed by atoms with van der Waals surface area (Å²) in [6.45, 7) is 0.878. The van der Waals surface area contributed by atoms with Crippen molar-refractivity contribution in [3.8, 4) is 0 Å². The number of nitrogens with zero attached hydrogens (tertiary/aromatic N) is 3. The molecule has 0 amide bonds. The fourth-order valence-electron chi connectivity index (χ4n) is 1.16. The smallest absolute Gasteiger partial charge is 0.379 e. The van der Waals surface area contributed by atoms with E-state index in [9.17, 15) is 13.2 Å². The second-order valence-corrected chi connectivity index (χ2v) is 3.48. The van der Waals surface area contributed by atoms with Crippen LogP contribution < -0.4 is 5.32 Å². The van der Waals surface area contributed by atoms with Gasteiger partial charge in [0, 0.05) is 12.7 Å². The normalized spacial score (nSPS) is 12.0. The molecule has 0 aliphatic rings. The van der Waals surface area contributed by atoms with Gasteiger partial charge in [-0.15, -0.1) is 5.10 Å². The van der Waals surface area contributed by atoms with Crippen LogP contribution in [0.25, 0.3) is 0 Å². The third kappa shape index (κ3) is 6.22. The van der Waals surface area contributed by atoms with Gasteiger partial charge in [-0.05, 0) is 7.05 Å². The summed E-state index contributed by atoms with van der Waals surface area (Å²) in [4.78, 5) is 0. The molecule has 0 fully saturated rings. The molecule has 0 spiro atoms. The van der Waals surface area contributed by atoms with Crippen molar-refractivity contribution in [1.82, 2.24) is 20.3 Å². The maximum atomic E-state index is 11.8. The fourth-order valence-corrected chi connectivity index (χ4v) is 1.16. The summed E-state index contributed by atoms with van der Waals surface area (Å²) in [7, 11) is 1.79. The van der Waals surface area contributed by atoms with E-state index < -0.39 is 12.6 Å². The first kappa shape index (κ1) is 13.9. The first-order chi connectivity index (χ1) is 8.01. The highest BCUT2D eigenvalue weighted by molar-refractivity contribution is 4.90. The Balaban J connectivity index is 2.13. The van der Waals surface area contributed by atoms with Gasteiger partial charge in [-0.3, -0.25) is 0 Å². The lowest BCUT2D eigenvalue weighted by molar-refractivity contribution is -0.145. The molecule has 1 N–H and O–H groups in total. The van der Waals surface area contributed by atoms with E-state index >= 15 is 0 Å². The molecule has 0 bridgehead atoms. The van der Waals surface area contributed by atoms with Crippen LogP contribution in [-0.4, -0.2) is 41.4 Å². The third-order valence-electron chi connectivity index (χ3n) is 1.94. The lowest BCUT2D eigenvalue weighted by Crippen LogP contribution is -2.14. The number of halogens is 3. The highest BCUT2D eigenvalue weighted by Gasteiger charge is 2.26. The molecule has 1 aromatic rings. The van der Waals surface area contributed by atoms with Crippen LogP contribution in [0, 0.1) is 0 Å². The monoisotopic (exact) mass is 252 g/mol. The Kier molecular flexibility index (Phi) is 5.36. The number of rotatable bonds is 7. The highest BCUT2D eigenvalue weighted by Crippen LogP contribution is 2.18. The molecule has 1 heterocycles. The molecule has 0 saturated heterocycles. The third-order valence-corrected chi connectivity index (χ3v) is 1.94. The Labute approximate surface area is 96.9 Å². The fraction of sp³-hybridized carbons (Fsp3) is 0.778. The zero-order chi connectivity index (χ0) is 12.7. The topological polar surface area (TPSA) is 52.0 Å². The van der Waals surface area contributed by atoms with Crippen molar-refractivity contribution in [3.63, 3.8) is 0 Å². The molecule has 0 unspecified atom stereocenters. The molecule has 0 saturated carbocycles. The first-order valence-electron chi connectivity index (χ1n) is 5.19.